The van der Waals surface area contributed by atoms with E-state index in [2.05, 4.69) is 10.5 Å². The van der Waals surface area contributed by atoms with Crippen molar-refractivity contribution in [3.05, 3.63) is 46.9 Å². The Labute approximate surface area is 117 Å². The van der Waals surface area contributed by atoms with Crippen LogP contribution in [0.2, 0.25) is 0 Å². The van der Waals surface area contributed by atoms with Crippen LogP contribution in [0.1, 0.15) is 22.7 Å². The van der Waals surface area contributed by atoms with Gasteiger partial charge in [-0.2, -0.15) is 18.3 Å². The quantitative estimate of drug-likeness (QED) is 0.458. The first-order valence-electron chi connectivity index (χ1n) is 5.86. The number of halogens is 4. The van der Waals surface area contributed by atoms with E-state index in [0.29, 0.717) is 11.6 Å². The number of nitrogens with two attached hydrogens (primary N) is 2. The summed E-state index contributed by atoms with van der Waals surface area (Å²) >= 11 is 0. The molecule has 9 heteroatoms. The minimum absolute atomic E-state index is 0.130. The summed E-state index contributed by atoms with van der Waals surface area (Å²) in [5, 5.41) is 3.90. The van der Waals surface area contributed by atoms with E-state index in [1.807, 2.05) is 0 Å². The van der Waals surface area contributed by atoms with Gasteiger partial charge >= 0.3 is 6.18 Å². The number of hydrogen-bond acceptors (Lipinski definition) is 4. The van der Waals surface area contributed by atoms with Gasteiger partial charge in [0.25, 0.3) is 0 Å². The highest BCUT2D eigenvalue weighted by molar-refractivity contribution is 5.46. The number of anilines is 1. The summed E-state index contributed by atoms with van der Waals surface area (Å²) in [4.78, 5) is 0. The highest BCUT2D eigenvalue weighted by Gasteiger charge is 2.35. The van der Waals surface area contributed by atoms with E-state index < -0.39 is 23.6 Å². The molecule has 0 aliphatic heterocycles. The van der Waals surface area contributed by atoms with Crippen LogP contribution in [0.4, 0.5) is 23.4 Å². The van der Waals surface area contributed by atoms with Crippen LogP contribution in [-0.4, -0.2) is 9.78 Å². The number of alkyl halides is 3. The Bertz CT molecular complexity index is 650. The molecule has 0 aliphatic carbocycles. The number of aryl methyl sites for hydroxylation is 1. The Balaban J connectivity index is 2.51. The van der Waals surface area contributed by atoms with Gasteiger partial charge in [0.15, 0.2) is 0 Å². The topological polar surface area (TPSA) is 81.9 Å². The molecular weight excluding hydrogens is 290 g/mol. The average molecular weight is 303 g/mol. The fourth-order valence-corrected chi connectivity index (χ4v) is 1.99. The summed E-state index contributed by atoms with van der Waals surface area (Å²) in [6, 6.07) is 1.82. The van der Waals surface area contributed by atoms with Crippen molar-refractivity contribution in [1.82, 2.24) is 15.2 Å². The van der Waals surface area contributed by atoms with Crippen LogP contribution in [0.3, 0.4) is 0 Å². The molecule has 1 heterocycles. The number of benzene rings is 1. The van der Waals surface area contributed by atoms with E-state index in [-0.39, 0.29) is 11.4 Å². The summed E-state index contributed by atoms with van der Waals surface area (Å²) in [5.41, 5.74) is 7.32. The van der Waals surface area contributed by atoms with Gasteiger partial charge in [-0.05, 0) is 17.7 Å². The van der Waals surface area contributed by atoms with Gasteiger partial charge in [0.05, 0.1) is 17.8 Å². The zero-order valence-electron chi connectivity index (χ0n) is 10.9. The lowest BCUT2D eigenvalue weighted by Gasteiger charge is -2.18. The molecule has 0 aliphatic rings. The largest absolute Gasteiger partial charge is 0.419 e. The summed E-state index contributed by atoms with van der Waals surface area (Å²) in [6.07, 6.45) is -3.41. The van der Waals surface area contributed by atoms with Crippen molar-refractivity contribution in [2.45, 2.75) is 12.2 Å². The first-order valence-corrected chi connectivity index (χ1v) is 5.86. The molecule has 0 radical (unpaired) electrons. The van der Waals surface area contributed by atoms with Crippen molar-refractivity contribution in [2.24, 2.45) is 12.9 Å². The molecule has 1 atom stereocenters. The monoisotopic (exact) mass is 303 g/mol. The van der Waals surface area contributed by atoms with Gasteiger partial charge in [0.2, 0.25) is 0 Å². The maximum absolute atomic E-state index is 13.3. The van der Waals surface area contributed by atoms with Gasteiger partial charge in [-0.3, -0.25) is 10.5 Å². The van der Waals surface area contributed by atoms with E-state index in [1.165, 1.54) is 16.9 Å². The van der Waals surface area contributed by atoms with Crippen molar-refractivity contribution in [3.8, 4) is 0 Å². The Morgan fingerprint density at radius 2 is 2.00 bits per heavy atom. The zero-order chi connectivity index (χ0) is 15.8. The highest BCUT2D eigenvalue weighted by atomic mass is 19.4. The summed E-state index contributed by atoms with van der Waals surface area (Å²) in [5.74, 6) is 4.29. The third-order valence-electron chi connectivity index (χ3n) is 3.12. The molecule has 1 aromatic carbocycles. The number of nitrogens with one attached hydrogen (secondary N) is 1. The molecule has 0 fully saturated rings. The van der Waals surface area contributed by atoms with E-state index in [4.69, 9.17) is 11.6 Å². The van der Waals surface area contributed by atoms with Crippen molar-refractivity contribution < 1.29 is 17.6 Å². The van der Waals surface area contributed by atoms with Gasteiger partial charge in [0, 0.05) is 12.6 Å². The summed E-state index contributed by atoms with van der Waals surface area (Å²) in [6.45, 7) is 0. The maximum Gasteiger partial charge on any atom is 0.419 e. The van der Waals surface area contributed by atoms with Crippen LogP contribution in [-0.2, 0) is 13.2 Å². The SMILES string of the molecule is Cn1ncc(C(NN)c2ccc(F)c(C(F)(F)F)c2)c1N. The Kier molecular flexibility index (Phi) is 3.88. The van der Waals surface area contributed by atoms with Crippen molar-refractivity contribution in [2.75, 3.05) is 5.73 Å². The molecule has 0 bridgehead atoms. The van der Waals surface area contributed by atoms with Crippen molar-refractivity contribution >= 4 is 5.82 Å². The molecule has 2 aromatic rings. The molecule has 2 rings (SSSR count). The molecule has 5 nitrogen and oxygen atoms in total. The Morgan fingerprint density at radius 1 is 1.33 bits per heavy atom. The second-order valence-corrected chi connectivity index (χ2v) is 4.45. The Morgan fingerprint density at radius 3 is 2.48 bits per heavy atom. The summed E-state index contributed by atoms with van der Waals surface area (Å²) in [7, 11) is 1.58. The molecule has 5 N–H and O–H groups in total. The Hall–Kier alpha value is -2.13. The number of hydrogen-bond donors (Lipinski definition) is 3. The van der Waals surface area contributed by atoms with Crippen molar-refractivity contribution in [3.63, 3.8) is 0 Å². The molecule has 1 unspecified atom stereocenters. The third kappa shape index (κ3) is 2.83. The second kappa shape index (κ2) is 5.34. The van der Waals surface area contributed by atoms with Crippen LogP contribution >= 0.6 is 0 Å². The van der Waals surface area contributed by atoms with Gasteiger partial charge in [-0.15, -0.1) is 0 Å². The minimum atomic E-state index is -4.79. The number of aromatic nitrogens is 2. The number of hydrazine groups is 1. The molecule has 0 saturated carbocycles. The van der Waals surface area contributed by atoms with Crippen LogP contribution in [0, 0.1) is 5.82 Å². The fourth-order valence-electron chi connectivity index (χ4n) is 1.99. The first kappa shape index (κ1) is 15.3. The maximum atomic E-state index is 13.3. The van der Waals surface area contributed by atoms with Crippen molar-refractivity contribution in [1.29, 1.82) is 0 Å². The molecular formula is C12H13F4N5. The fraction of sp³-hybridized carbons (Fsp3) is 0.250. The lowest BCUT2D eigenvalue weighted by Crippen LogP contribution is -2.29. The molecule has 1 aromatic heterocycles. The lowest BCUT2D eigenvalue weighted by atomic mass is 9.99. The standard InChI is InChI=1S/C12H13F4N5/c1-21-11(17)7(5-19-21)10(20-18)6-2-3-9(13)8(4-6)12(14,15)16/h2-5,10,20H,17-18H2,1H3. The summed E-state index contributed by atoms with van der Waals surface area (Å²) < 4.78 is 52.9. The lowest BCUT2D eigenvalue weighted by molar-refractivity contribution is -0.140. The molecule has 0 spiro atoms. The smallest absolute Gasteiger partial charge is 0.384 e. The van der Waals surface area contributed by atoms with Gasteiger partial charge in [-0.1, -0.05) is 6.07 Å². The average Bonchev–Trinajstić information content (AvgIpc) is 2.72. The molecule has 114 valence electrons. The second-order valence-electron chi connectivity index (χ2n) is 4.45. The van der Waals surface area contributed by atoms with Gasteiger partial charge < -0.3 is 5.73 Å². The third-order valence-corrected chi connectivity index (χ3v) is 3.12. The number of nitrogens with zero attached hydrogens (tertiary/aromatic N) is 2. The minimum Gasteiger partial charge on any atom is -0.384 e. The normalized spacial score (nSPS) is 13.4. The van der Waals surface area contributed by atoms with E-state index >= 15 is 0 Å². The molecule has 0 amide bonds. The molecule has 0 saturated heterocycles. The number of rotatable bonds is 3. The van der Waals surface area contributed by atoms with Crippen LogP contribution in [0.25, 0.3) is 0 Å². The first-order chi connectivity index (χ1) is 9.75. The van der Waals surface area contributed by atoms with Crippen LogP contribution in [0.15, 0.2) is 24.4 Å². The zero-order valence-corrected chi connectivity index (χ0v) is 10.9. The van der Waals surface area contributed by atoms with Crippen LogP contribution < -0.4 is 17.0 Å². The van der Waals surface area contributed by atoms with Gasteiger partial charge in [0.1, 0.15) is 11.6 Å². The predicted octanol–water partition coefficient (Wildman–Crippen LogP) is 1.71. The molecule has 21 heavy (non-hydrogen) atoms. The van der Waals surface area contributed by atoms with E-state index in [9.17, 15) is 17.6 Å². The van der Waals surface area contributed by atoms with Gasteiger partial charge in [-0.25, -0.2) is 9.82 Å². The van der Waals surface area contributed by atoms with E-state index in [1.54, 1.807) is 7.05 Å². The highest BCUT2D eigenvalue weighted by Crippen LogP contribution is 2.34. The van der Waals surface area contributed by atoms with E-state index in [0.717, 1.165) is 6.07 Å². The van der Waals surface area contributed by atoms with Crippen LogP contribution in [0.5, 0.6) is 0 Å². The predicted molar refractivity (Wildman–Crippen MR) is 68.2 cm³/mol. The number of nitrogen functional groups attached to an aromatic ring is 1.